The number of carbonyl (C=O) groups is 4. The number of fused-ring (bicyclic) bond motifs is 2. The zero-order chi connectivity index (χ0) is 39.3. The van der Waals surface area contributed by atoms with Gasteiger partial charge >= 0.3 is 6.18 Å². The Morgan fingerprint density at radius 2 is 1.75 bits per heavy atom. The van der Waals surface area contributed by atoms with Gasteiger partial charge in [-0.05, 0) is 86.1 Å². The van der Waals surface area contributed by atoms with Crippen molar-refractivity contribution >= 4 is 58.5 Å². The second-order valence-corrected chi connectivity index (χ2v) is 15.5. The van der Waals surface area contributed by atoms with Crippen molar-refractivity contribution in [3.8, 4) is 5.75 Å². The van der Waals surface area contributed by atoms with Crippen molar-refractivity contribution in [2.45, 2.75) is 62.2 Å². The fraction of sp³-hybridized carbons (Fsp3) is 0.425. The molecule has 2 unspecified atom stereocenters. The number of benzene rings is 3. The van der Waals surface area contributed by atoms with Crippen molar-refractivity contribution < 1.29 is 37.1 Å². The van der Waals surface area contributed by atoms with E-state index in [-0.39, 0.29) is 36.3 Å². The van der Waals surface area contributed by atoms with Gasteiger partial charge in [0, 0.05) is 67.5 Å². The Labute approximate surface area is 326 Å². The molecule has 0 saturated carbocycles. The average Bonchev–Trinajstić information content (AvgIpc) is 3.73. The molecule has 1 aromatic heterocycles. The molecular formula is C40H42F3N7O5S. The summed E-state index contributed by atoms with van der Waals surface area (Å²) in [6.07, 6.45) is 1.66. The van der Waals surface area contributed by atoms with Crippen molar-refractivity contribution in [2.24, 2.45) is 5.92 Å². The Morgan fingerprint density at radius 3 is 2.46 bits per heavy atom. The lowest BCUT2D eigenvalue weighted by atomic mass is 9.94. The number of ether oxygens (including phenoxy) is 1. The Morgan fingerprint density at radius 1 is 0.982 bits per heavy atom. The summed E-state index contributed by atoms with van der Waals surface area (Å²) in [5.74, 6) is -0.818. The molecule has 5 heterocycles. The Kier molecular flexibility index (Phi) is 10.2. The number of anilines is 2. The number of hydrogen-bond acceptors (Lipinski definition) is 9. The lowest BCUT2D eigenvalue weighted by Crippen LogP contribution is -2.53. The quantitative estimate of drug-likeness (QED) is 0.145. The van der Waals surface area contributed by atoms with E-state index in [0.29, 0.717) is 28.4 Å². The number of halogens is 3. The number of amides is 4. The molecule has 3 fully saturated rings. The van der Waals surface area contributed by atoms with E-state index in [0.717, 1.165) is 87.2 Å². The van der Waals surface area contributed by atoms with Crippen LogP contribution in [-0.2, 0) is 15.8 Å². The minimum absolute atomic E-state index is 0.122. The molecule has 2 atom stereocenters. The third kappa shape index (κ3) is 7.31. The highest BCUT2D eigenvalue weighted by molar-refractivity contribution is 7.80. The van der Waals surface area contributed by atoms with Crippen LogP contribution >= 0.6 is 12.6 Å². The fourth-order valence-corrected chi connectivity index (χ4v) is 9.00. The molecule has 0 radical (unpaired) electrons. The minimum Gasteiger partial charge on any atom is -0.494 e. The van der Waals surface area contributed by atoms with E-state index in [2.05, 4.69) is 33.1 Å². The highest BCUT2D eigenvalue weighted by atomic mass is 32.1. The summed E-state index contributed by atoms with van der Waals surface area (Å²) in [6, 6.07) is 13.2. The van der Waals surface area contributed by atoms with Crippen LogP contribution in [0.4, 0.5) is 24.5 Å². The second-order valence-electron chi connectivity index (χ2n) is 15.0. The third-order valence-corrected chi connectivity index (χ3v) is 12.1. The van der Waals surface area contributed by atoms with Crippen LogP contribution in [0.5, 0.6) is 5.75 Å². The average molecular weight is 790 g/mol. The summed E-state index contributed by atoms with van der Waals surface area (Å²) >= 11 is 4.69. The predicted octanol–water partition coefficient (Wildman–Crippen LogP) is 6.06. The lowest BCUT2D eigenvalue weighted by Gasteiger charge is -2.38. The predicted molar refractivity (Wildman–Crippen MR) is 206 cm³/mol. The summed E-state index contributed by atoms with van der Waals surface area (Å²) in [5.41, 5.74) is 2.09. The second kappa shape index (κ2) is 15.1. The molecule has 0 bridgehead atoms. The monoisotopic (exact) mass is 789 g/mol. The molecule has 56 heavy (non-hydrogen) atoms. The number of hydrogen-bond donors (Lipinski definition) is 3. The first-order chi connectivity index (χ1) is 26.9. The Hall–Kier alpha value is -5.09. The standard InChI is InChI=1S/C40H42F3N7O5S/c1-55-32-9-5-25-22-49(46-34(25)35(32)45-36(52)24-3-2-4-26(19-24)40(41,42)43)27-13-15-47(16-14-27)21-23-11-17-48(18-12-23)28-6-7-29-30(20-28)38(54)50(39(29)56)31-8-10-33(51)44-37(31)53/h2-7,9,19-20,22-23,27,31,39,56H,8,10-18,21H2,1H3,(H,45,52)(H,44,51,53). The summed E-state index contributed by atoms with van der Waals surface area (Å²) in [6.45, 7) is 4.54. The van der Waals surface area contributed by atoms with Gasteiger partial charge in [-0.15, -0.1) is 12.6 Å². The van der Waals surface area contributed by atoms with Gasteiger partial charge in [0.2, 0.25) is 11.8 Å². The van der Waals surface area contributed by atoms with Gasteiger partial charge in [-0.1, -0.05) is 12.1 Å². The number of rotatable bonds is 8. The molecule has 8 rings (SSSR count). The zero-order valence-corrected chi connectivity index (χ0v) is 31.6. The summed E-state index contributed by atoms with van der Waals surface area (Å²) in [7, 11) is 1.46. The van der Waals surface area contributed by atoms with Crippen LogP contribution < -0.4 is 20.3 Å². The molecule has 4 aliphatic heterocycles. The van der Waals surface area contributed by atoms with Gasteiger partial charge in [0.15, 0.2) is 0 Å². The van der Waals surface area contributed by atoms with Crippen LogP contribution in [0.3, 0.4) is 0 Å². The number of thiol groups is 1. The van der Waals surface area contributed by atoms with Crippen LogP contribution in [0, 0.1) is 5.92 Å². The van der Waals surface area contributed by atoms with Gasteiger partial charge in [-0.2, -0.15) is 18.3 Å². The topological polar surface area (TPSA) is 129 Å². The van der Waals surface area contributed by atoms with Gasteiger partial charge in [-0.25, -0.2) is 0 Å². The maximum Gasteiger partial charge on any atom is 0.416 e. The van der Waals surface area contributed by atoms with Gasteiger partial charge < -0.3 is 24.8 Å². The maximum atomic E-state index is 13.5. The van der Waals surface area contributed by atoms with E-state index in [1.54, 1.807) is 6.07 Å². The summed E-state index contributed by atoms with van der Waals surface area (Å²) in [4.78, 5) is 57.2. The van der Waals surface area contributed by atoms with Crippen LogP contribution in [0.2, 0.25) is 0 Å². The van der Waals surface area contributed by atoms with Crippen molar-refractivity contribution in [2.75, 3.05) is 50.1 Å². The number of nitrogens with zero attached hydrogens (tertiary/aromatic N) is 5. The zero-order valence-electron chi connectivity index (χ0n) is 30.7. The molecule has 4 aromatic rings. The first-order valence-electron chi connectivity index (χ1n) is 18.9. The number of likely N-dealkylation sites (tertiary alicyclic amines) is 1. The van der Waals surface area contributed by atoms with E-state index >= 15 is 0 Å². The smallest absolute Gasteiger partial charge is 0.416 e. The van der Waals surface area contributed by atoms with Gasteiger partial charge in [-0.3, -0.25) is 29.2 Å². The molecule has 0 aliphatic carbocycles. The lowest BCUT2D eigenvalue weighted by molar-refractivity contribution is -0.138. The highest BCUT2D eigenvalue weighted by Crippen LogP contribution is 2.41. The van der Waals surface area contributed by atoms with Gasteiger partial charge in [0.05, 0.1) is 18.7 Å². The van der Waals surface area contributed by atoms with Crippen molar-refractivity contribution in [3.63, 3.8) is 0 Å². The number of aromatic nitrogens is 2. The molecule has 0 spiro atoms. The van der Waals surface area contributed by atoms with Gasteiger partial charge in [0.1, 0.15) is 28.4 Å². The Balaban J connectivity index is 0.858. The first-order valence-corrected chi connectivity index (χ1v) is 19.4. The van der Waals surface area contributed by atoms with Crippen molar-refractivity contribution in [3.05, 3.63) is 83.0 Å². The van der Waals surface area contributed by atoms with Crippen LogP contribution in [-0.4, -0.2) is 89.1 Å². The van der Waals surface area contributed by atoms with E-state index in [4.69, 9.17) is 9.84 Å². The molecule has 294 valence electrons. The molecule has 3 aromatic carbocycles. The number of piperidine rings is 3. The number of alkyl halides is 3. The third-order valence-electron chi connectivity index (χ3n) is 11.6. The number of imide groups is 1. The van der Waals surface area contributed by atoms with Gasteiger partial charge in [0.25, 0.3) is 11.8 Å². The van der Waals surface area contributed by atoms with Crippen LogP contribution in [0.15, 0.2) is 60.8 Å². The SMILES string of the molecule is COc1ccc2cn(C3CCN(CC4CCN(c5ccc6c(c5)C(=O)N(C5CCC(=O)NC5=O)C6S)CC4)CC3)nc2c1NC(=O)c1cccc(C(F)(F)F)c1. The van der Waals surface area contributed by atoms with E-state index in [9.17, 15) is 32.3 Å². The first kappa shape index (κ1) is 37.8. The molecule has 2 N–H and O–H groups in total. The normalized spacial score (nSPS) is 21.4. The van der Waals surface area contributed by atoms with Crippen LogP contribution in [0.1, 0.15) is 81.8 Å². The molecule has 4 aliphatic rings. The van der Waals surface area contributed by atoms with E-state index in [1.807, 2.05) is 35.1 Å². The molecule has 12 nitrogen and oxygen atoms in total. The number of methoxy groups -OCH3 is 1. The van der Waals surface area contributed by atoms with Crippen molar-refractivity contribution in [1.82, 2.24) is 24.9 Å². The largest absolute Gasteiger partial charge is 0.494 e. The summed E-state index contributed by atoms with van der Waals surface area (Å²) < 4.78 is 47.3. The maximum absolute atomic E-state index is 13.5. The summed E-state index contributed by atoms with van der Waals surface area (Å²) in [5, 5.41) is 10.2. The molecule has 4 amide bonds. The molecular weight excluding hydrogens is 748 g/mol. The molecule has 16 heteroatoms. The van der Waals surface area contributed by atoms with E-state index in [1.165, 1.54) is 24.1 Å². The highest BCUT2D eigenvalue weighted by Gasteiger charge is 2.44. The minimum atomic E-state index is -4.57. The number of carbonyl (C=O) groups excluding carboxylic acids is 4. The fourth-order valence-electron chi connectivity index (χ4n) is 8.50. The molecule has 3 saturated heterocycles. The van der Waals surface area contributed by atoms with E-state index < -0.39 is 35.0 Å². The van der Waals surface area contributed by atoms with Crippen molar-refractivity contribution in [1.29, 1.82) is 0 Å². The number of nitrogens with one attached hydrogen (secondary N) is 2. The Bertz CT molecular complexity index is 2200. The van der Waals surface area contributed by atoms with Crippen LogP contribution in [0.25, 0.3) is 10.9 Å².